The quantitative estimate of drug-likeness (QED) is 0.797. The van der Waals surface area contributed by atoms with Gasteiger partial charge in [-0.1, -0.05) is 13.8 Å². The summed E-state index contributed by atoms with van der Waals surface area (Å²) in [6.45, 7) is 5.58. The zero-order valence-corrected chi connectivity index (χ0v) is 15.5. The minimum atomic E-state index is -0.115. The smallest absolute Gasteiger partial charge is 0.321 e. The number of carbonyl (C=O) groups excluding carboxylic acids is 1. The Labute approximate surface area is 149 Å². The molecule has 136 valence electrons. The summed E-state index contributed by atoms with van der Waals surface area (Å²) < 4.78 is 7.64. The number of ether oxygens (including phenoxy) is 1. The van der Waals surface area contributed by atoms with E-state index in [2.05, 4.69) is 24.1 Å². The van der Waals surface area contributed by atoms with Crippen molar-refractivity contribution in [3.8, 4) is 5.75 Å². The van der Waals surface area contributed by atoms with Crippen molar-refractivity contribution in [3.63, 3.8) is 0 Å². The summed E-state index contributed by atoms with van der Waals surface area (Å²) in [7, 11) is 3.78. The van der Waals surface area contributed by atoms with Gasteiger partial charge in [0.25, 0.3) is 0 Å². The van der Waals surface area contributed by atoms with Crippen LogP contribution in [0.15, 0.2) is 36.7 Å². The van der Waals surface area contributed by atoms with Gasteiger partial charge in [0, 0.05) is 45.1 Å². The van der Waals surface area contributed by atoms with Gasteiger partial charge in [0.1, 0.15) is 11.6 Å². The highest BCUT2D eigenvalue weighted by Crippen LogP contribution is 2.16. The van der Waals surface area contributed by atoms with Crippen LogP contribution in [0, 0.1) is 5.92 Å². The molecule has 0 aliphatic rings. The van der Waals surface area contributed by atoms with Gasteiger partial charge < -0.3 is 19.5 Å². The molecule has 0 fully saturated rings. The van der Waals surface area contributed by atoms with Crippen molar-refractivity contribution in [1.29, 1.82) is 0 Å². The van der Waals surface area contributed by atoms with Gasteiger partial charge in [-0.2, -0.15) is 0 Å². The lowest BCUT2D eigenvalue weighted by atomic mass is 10.2. The molecule has 1 aromatic heterocycles. The lowest BCUT2D eigenvalue weighted by Crippen LogP contribution is -2.32. The Hall–Kier alpha value is -2.50. The standard InChI is InChI=1S/C19H28N4O2/c1-15(2)14-25-17-9-7-16(8-10-17)21-19(24)23(4)12-5-6-18-20-11-13-22(18)3/h7-11,13,15H,5-6,12,14H2,1-4H3,(H,21,24). The molecule has 6 heteroatoms. The average Bonchev–Trinajstić information content (AvgIpc) is 2.99. The molecule has 0 radical (unpaired) electrons. The highest BCUT2D eigenvalue weighted by atomic mass is 16.5. The van der Waals surface area contributed by atoms with Crippen molar-refractivity contribution in [2.45, 2.75) is 26.7 Å². The zero-order valence-electron chi connectivity index (χ0n) is 15.5. The molecule has 0 saturated heterocycles. The van der Waals surface area contributed by atoms with Crippen LogP contribution in [0.3, 0.4) is 0 Å². The Morgan fingerprint density at radius 1 is 1.32 bits per heavy atom. The first-order valence-electron chi connectivity index (χ1n) is 8.67. The Bertz CT molecular complexity index is 664. The lowest BCUT2D eigenvalue weighted by Gasteiger charge is -2.18. The maximum Gasteiger partial charge on any atom is 0.321 e. The van der Waals surface area contributed by atoms with Crippen molar-refractivity contribution in [2.24, 2.45) is 13.0 Å². The zero-order chi connectivity index (χ0) is 18.2. The highest BCUT2D eigenvalue weighted by molar-refractivity contribution is 5.89. The average molecular weight is 344 g/mol. The summed E-state index contributed by atoms with van der Waals surface area (Å²) >= 11 is 0. The largest absolute Gasteiger partial charge is 0.493 e. The van der Waals surface area contributed by atoms with E-state index in [0.717, 1.165) is 30.1 Å². The van der Waals surface area contributed by atoms with Crippen LogP contribution < -0.4 is 10.1 Å². The first-order valence-corrected chi connectivity index (χ1v) is 8.67. The third-order valence-electron chi connectivity index (χ3n) is 3.85. The van der Waals surface area contributed by atoms with Gasteiger partial charge in [-0.05, 0) is 36.6 Å². The van der Waals surface area contributed by atoms with Crippen molar-refractivity contribution in [1.82, 2.24) is 14.5 Å². The van der Waals surface area contributed by atoms with E-state index < -0.39 is 0 Å². The van der Waals surface area contributed by atoms with Gasteiger partial charge in [0.05, 0.1) is 6.61 Å². The lowest BCUT2D eigenvalue weighted by molar-refractivity contribution is 0.222. The second-order valence-corrected chi connectivity index (χ2v) is 6.64. The summed E-state index contributed by atoms with van der Waals surface area (Å²) in [4.78, 5) is 18.2. The van der Waals surface area contributed by atoms with Crippen molar-refractivity contribution in [3.05, 3.63) is 42.5 Å². The van der Waals surface area contributed by atoms with E-state index in [-0.39, 0.29) is 6.03 Å². The molecule has 2 rings (SSSR count). The fourth-order valence-corrected chi connectivity index (χ4v) is 2.33. The summed E-state index contributed by atoms with van der Waals surface area (Å²) in [6.07, 6.45) is 5.44. The van der Waals surface area contributed by atoms with E-state index in [1.165, 1.54) is 0 Å². The van der Waals surface area contributed by atoms with E-state index in [4.69, 9.17) is 4.74 Å². The van der Waals surface area contributed by atoms with Gasteiger partial charge >= 0.3 is 6.03 Å². The Morgan fingerprint density at radius 3 is 2.64 bits per heavy atom. The van der Waals surface area contributed by atoms with E-state index in [1.54, 1.807) is 18.1 Å². The summed E-state index contributed by atoms with van der Waals surface area (Å²) in [5, 5.41) is 2.90. The molecule has 0 aliphatic heterocycles. The topological polar surface area (TPSA) is 59.4 Å². The van der Waals surface area contributed by atoms with Crippen LogP contribution in [0.25, 0.3) is 0 Å². The molecule has 0 atom stereocenters. The van der Waals surface area contributed by atoms with Crippen molar-refractivity contribution < 1.29 is 9.53 Å². The monoisotopic (exact) mass is 344 g/mol. The molecular formula is C19H28N4O2. The van der Waals surface area contributed by atoms with Crippen LogP contribution in [-0.4, -0.2) is 40.7 Å². The first-order chi connectivity index (χ1) is 12.0. The van der Waals surface area contributed by atoms with E-state index in [1.807, 2.05) is 42.1 Å². The molecular weight excluding hydrogens is 316 g/mol. The van der Waals surface area contributed by atoms with Crippen molar-refractivity contribution in [2.75, 3.05) is 25.5 Å². The molecule has 0 unspecified atom stereocenters. The molecule has 1 aromatic carbocycles. The predicted octanol–water partition coefficient (Wildman–Crippen LogP) is 3.55. The van der Waals surface area contributed by atoms with Crippen molar-refractivity contribution >= 4 is 11.7 Å². The number of urea groups is 1. The molecule has 1 heterocycles. The molecule has 6 nitrogen and oxygen atoms in total. The van der Waals surface area contributed by atoms with Gasteiger partial charge in [-0.15, -0.1) is 0 Å². The number of hydrogen-bond donors (Lipinski definition) is 1. The SMILES string of the molecule is CC(C)COc1ccc(NC(=O)N(C)CCCc2nccn2C)cc1. The fraction of sp³-hybridized carbons (Fsp3) is 0.474. The van der Waals surface area contributed by atoms with Crippen LogP contribution in [-0.2, 0) is 13.5 Å². The maximum absolute atomic E-state index is 12.2. The molecule has 0 saturated carbocycles. The summed E-state index contributed by atoms with van der Waals surface area (Å²) in [5.74, 6) is 2.33. The Morgan fingerprint density at radius 2 is 2.04 bits per heavy atom. The summed E-state index contributed by atoms with van der Waals surface area (Å²) in [6, 6.07) is 7.35. The first kappa shape index (κ1) is 18.8. The normalized spacial score (nSPS) is 10.8. The summed E-state index contributed by atoms with van der Waals surface area (Å²) in [5.41, 5.74) is 0.762. The number of benzene rings is 1. The number of rotatable bonds is 8. The molecule has 2 aromatic rings. The van der Waals surface area contributed by atoms with Crippen LogP contribution in [0.1, 0.15) is 26.1 Å². The molecule has 1 N–H and O–H groups in total. The van der Waals surface area contributed by atoms with E-state index in [0.29, 0.717) is 19.1 Å². The van der Waals surface area contributed by atoms with Gasteiger partial charge in [0.2, 0.25) is 0 Å². The number of aryl methyl sites for hydroxylation is 2. The van der Waals surface area contributed by atoms with Crippen LogP contribution in [0.5, 0.6) is 5.75 Å². The fourth-order valence-electron chi connectivity index (χ4n) is 2.33. The van der Waals surface area contributed by atoms with Crippen LogP contribution in [0.2, 0.25) is 0 Å². The molecule has 25 heavy (non-hydrogen) atoms. The predicted molar refractivity (Wildman–Crippen MR) is 100.0 cm³/mol. The molecule has 0 aliphatic carbocycles. The van der Waals surface area contributed by atoms with E-state index in [9.17, 15) is 4.79 Å². The van der Waals surface area contributed by atoms with Crippen LogP contribution in [0.4, 0.5) is 10.5 Å². The molecule has 0 spiro atoms. The Kier molecular flexibility index (Phi) is 6.86. The minimum absolute atomic E-state index is 0.115. The van der Waals surface area contributed by atoms with Gasteiger partial charge in [0.15, 0.2) is 0 Å². The molecule has 0 bridgehead atoms. The van der Waals surface area contributed by atoms with E-state index >= 15 is 0 Å². The second kappa shape index (κ2) is 9.11. The maximum atomic E-state index is 12.2. The Balaban J connectivity index is 1.75. The number of nitrogens with one attached hydrogen (secondary N) is 1. The second-order valence-electron chi connectivity index (χ2n) is 6.64. The number of carbonyl (C=O) groups is 1. The van der Waals surface area contributed by atoms with Crippen LogP contribution >= 0.6 is 0 Å². The third kappa shape index (κ3) is 6.14. The number of aromatic nitrogens is 2. The van der Waals surface area contributed by atoms with Gasteiger partial charge in [-0.3, -0.25) is 0 Å². The highest BCUT2D eigenvalue weighted by Gasteiger charge is 2.09. The minimum Gasteiger partial charge on any atom is -0.493 e. The number of amides is 2. The molecule has 2 amide bonds. The number of hydrogen-bond acceptors (Lipinski definition) is 3. The van der Waals surface area contributed by atoms with Gasteiger partial charge in [-0.25, -0.2) is 9.78 Å². The number of anilines is 1. The number of imidazole rings is 1. The third-order valence-corrected chi connectivity index (χ3v) is 3.85. The number of nitrogens with zero attached hydrogens (tertiary/aromatic N) is 3.